The molecule has 0 spiro atoms. The van der Waals surface area contributed by atoms with Gasteiger partial charge in [0.25, 0.3) is 0 Å². The van der Waals surface area contributed by atoms with Crippen LogP contribution in [0.3, 0.4) is 0 Å². The van der Waals surface area contributed by atoms with Crippen molar-refractivity contribution in [1.82, 2.24) is 10.7 Å². The zero-order chi connectivity index (χ0) is 18.2. The van der Waals surface area contributed by atoms with Crippen molar-refractivity contribution in [3.63, 3.8) is 0 Å². The van der Waals surface area contributed by atoms with Crippen LogP contribution in [0.2, 0.25) is 5.02 Å². The number of rotatable bonds is 9. The van der Waals surface area contributed by atoms with Gasteiger partial charge in [-0.15, -0.1) is 0 Å². The molecule has 0 radical (unpaired) electrons. The predicted molar refractivity (Wildman–Crippen MR) is 99.2 cm³/mol. The highest BCUT2D eigenvalue weighted by Crippen LogP contribution is 2.27. The van der Waals surface area contributed by atoms with Crippen molar-refractivity contribution in [3.8, 4) is 5.75 Å². The van der Waals surface area contributed by atoms with Gasteiger partial charge < -0.3 is 15.2 Å². The van der Waals surface area contributed by atoms with E-state index in [1.54, 1.807) is 6.92 Å². The lowest BCUT2D eigenvalue weighted by Crippen LogP contribution is -2.35. The zero-order valence-electron chi connectivity index (χ0n) is 14.7. The molecule has 3 N–H and O–H groups in total. The topological polar surface area (TPSA) is 83.0 Å². The fourth-order valence-corrected chi connectivity index (χ4v) is 2.81. The van der Waals surface area contributed by atoms with Gasteiger partial charge in [0.15, 0.2) is 0 Å². The van der Waals surface area contributed by atoms with Gasteiger partial charge in [-0.2, -0.15) is 5.10 Å². The third-order valence-corrected chi connectivity index (χ3v) is 4.38. The van der Waals surface area contributed by atoms with Crippen molar-refractivity contribution in [1.29, 1.82) is 0 Å². The Morgan fingerprint density at radius 3 is 2.84 bits per heavy atom. The highest BCUT2D eigenvalue weighted by atomic mass is 35.5. The Balaban J connectivity index is 1.87. The number of carbonyl (C=O) groups excluding carboxylic acids is 1. The molecule has 1 amide bonds. The first-order valence-corrected chi connectivity index (χ1v) is 9.07. The first-order valence-electron chi connectivity index (χ1n) is 8.69. The molecule has 0 aliphatic carbocycles. The summed E-state index contributed by atoms with van der Waals surface area (Å²) in [5.41, 5.74) is 4.20. The van der Waals surface area contributed by atoms with E-state index in [0.29, 0.717) is 42.8 Å². The summed E-state index contributed by atoms with van der Waals surface area (Å²) in [5, 5.41) is 17.3. The molecule has 0 fully saturated rings. The summed E-state index contributed by atoms with van der Waals surface area (Å²) in [7, 11) is 0. The third-order valence-electron chi connectivity index (χ3n) is 4.09. The molecule has 6 nitrogen and oxygen atoms in total. The lowest BCUT2D eigenvalue weighted by atomic mass is 10.0. The minimum absolute atomic E-state index is 0.0653. The minimum atomic E-state index is -0.357. The second-order valence-corrected chi connectivity index (χ2v) is 6.65. The quantitative estimate of drug-likeness (QED) is 0.626. The van der Waals surface area contributed by atoms with Crippen LogP contribution < -0.4 is 15.5 Å². The van der Waals surface area contributed by atoms with E-state index < -0.39 is 0 Å². The molecule has 1 aliphatic heterocycles. The monoisotopic (exact) mass is 367 g/mol. The molecule has 0 saturated heterocycles. The molecule has 1 aromatic rings. The average molecular weight is 368 g/mol. The number of hydrogen-bond acceptors (Lipinski definition) is 5. The van der Waals surface area contributed by atoms with E-state index in [1.165, 1.54) is 0 Å². The Morgan fingerprint density at radius 1 is 1.44 bits per heavy atom. The summed E-state index contributed by atoms with van der Waals surface area (Å²) in [4.78, 5) is 11.2. The van der Waals surface area contributed by atoms with Gasteiger partial charge in [0.1, 0.15) is 5.75 Å². The van der Waals surface area contributed by atoms with Gasteiger partial charge in [0, 0.05) is 25.4 Å². The second-order valence-electron chi connectivity index (χ2n) is 6.24. The maximum absolute atomic E-state index is 11.2. The van der Waals surface area contributed by atoms with Gasteiger partial charge in [-0.25, -0.2) is 5.43 Å². The number of nitrogens with zero attached hydrogens (tertiary/aromatic N) is 1. The molecule has 0 bridgehead atoms. The van der Waals surface area contributed by atoms with Crippen molar-refractivity contribution in [2.45, 2.75) is 51.7 Å². The summed E-state index contributed by atoms with van der Waals surface area (Å²) < 4.78 is 5.79. The van der Waals surface area contributed by atoms with Gasteiger partial charge in [-0.3, -0.25) is 4.79 Å². The van der Waals surface area contributed by atoms with E-state index in [2.05, 4.69) is 22.8 Å². The van der Waals surface area contributed by atoms with Crippen LogP contribution in [0.15, 0.2) is 23.3 Å². The Hall–Kier alpha value is -1.63. The number of hydrogen-bond donors (Lipinski definition) is 3. The van der Waals surface area contributed by atoms with Crippen molar-refractivity contribution in [2.24, 2.45) is 5.10 Å². The van der Waals surface area contributed by atoms with Gasteiger partial charge in [-0.1, -0.05) is 18.5 Å². The Kier molecular flexibility index (Phi) is 7.68. The van der Waals surface area contributed by atoms with Crippen molar-refractivity contribution in [2.75, 3.05) is 13.2 Å². The van der Waals surface area contributed by atoms with Crippen LogP contribution in [0.25, 0.3) is 0 Å². The number of aliphatic hydroxyl groups is 1. The molecule has 0 aromatic heterocycles. The van der Waals surface area contributed by atoms with E-state index >= 15 is 0 Å². The fraction of sp³-hybridized carbons (Fsp3) is 0.556. The molecule has 7 heteroatoms. The maximum Gasteiger partial charge on any atom is 0.240 e. The molecule has 1 unspecified atom stereocenters. The molecule has 0 saturated carbocycles. The predicted octanol–water partition coefficient (Wildman–Crippen LogP) is 2.47. The van der Waals surface area contributed by atoms with E-state index in [4.69, 9.17) is 16.3 Å². The largest absolute Gasteiger partial charge is 0.492 e. The zero-order valence-corrected chi connectivity index (χ0v) is 15.5. The van der Waals surface area contributed by atoms with Gasteiger partial charge in [0.2, 0.25) is 5.91 Å². The number of nitrogens with one attached hydrogen (secondary N) is 2. The van der Waals surface area contributed by atoms with Crippen LogP contribution in [-0.4, -0.2) is 42.0 Å². The molecule has 25 heavy (non-hydrogen) atoms. The lowest BCUT2D eigenvalue weighted by molar-refractivity contribution is -0.121. The summed E-state index contributed by atoms with van der Waals surface area (Å²) in [6.07, 6.45) is 2.49. The molecular formula is C18H26ClN3O3. The highest BCUT2D eigenvalue weighted by molar-refractivity contribution is 6.32. The summed E-state index contributed by atoms with van der Waals surface area (Å²) in [6.45, 7) is 4.98. The van der Waals surface area contributed by atoms with E-state index in [9.17, 15) is 9.90 Å². The normalized spacial score (nSPS) is 16.8. The highest BCUT2D eigenvalue weighted by Gasteiger charge is 2.15. The number of ether oxygens (including phenoxy) is 1. The van der Waals surface area contributed by atoms with Crippen LogP contribution in [0.1, 0.15) is 45.1 Å². The number of aliphatic hydroxyl groups excluding tert-OH is 1. The van der Waals surface area contributed by atoms with Crippen LogP contribution in [0.5, 0.6) is 5.75 Å². The second kappa shape index (κ2) is 9.75. The molecule has 1 heterocycles. The summed E-state index contributed by atoms with van der Waals surface area (Å²) >= 11 is 6.31. The van der Waals surface area contributed by atoms with E-state index in [1.807, 2.05) is 18.2 Å². The minimum Gasteiger partial charge on any atom is -0.492 e. The number of benzene rings is 1. The molecule has 1 aliphatic rings. The van der Waals surface area contributed by atoms with Crippen molar-refractivity contribution < 1.29 is 14.6 Å². The molecular weight excluding hydrogens is 342 g/mol. The van der Waals surface area contributed by atoms with E-state index in [0.717, 1.165) is 24.1 Å². The first-order chi connectivity index (χ1) is 12.0. The van der Waals surface area contributed by atoms with Crippen LogP contribution in [0.4, 0.5) is 0 Å². The SMILES string of the molecule is CCC(CCOc1ccc(C2=NNC(=O)CC2)cc1Cl)NC[C@H](C)O. The van der Waals surface area contributed by atoms with Crippen molar-refractivity contribution in [3.05, 3.63) is 28.8 Å². The number of amides is 1. The van der Waals surface area contributed by atoms with Gasteiger partial charge in [-0.05, 0) is 43.5 Å². The van der Waals surface area contributed by atoms with Gasteiger partial charge in [0.05, 0.1) is 23.4 Å². The Bertz CT molecular complexity index is 620. The molecule has 2 atom stereocenters. The summed E-state index contributed by atoms with van der Waals surface area (Å²) in [6, 6.07) is 5.85. The fourth-order valence-electron chi connectivity index (χ4n) is 2.58. The summed E-state index contributed by atoms with van der Waals surface area (Å²) in [5.74, 6) is 0.570. The smallest absolute Gasteiger partial charge is 0.240 e. The van der Waals surface area contributed by atoms with Gasteiger partial charge >= 0.3 is 0 Å². The number of hydrazone groups is 1. The standard InChI is InChI=1S/C18H26ClN3O3/c1-3-14(20-11-12(2)23)8-9-25-17-6-4-13(10-15(17)19)16-5-7-18(24)22-21-16/h4,6,10,12,14,20,23H,3,5,7-9,11H2,1-2H3,(H,22,24)/t12-,14?/m0/s1. The van der Waals surface area contributed by atoms with Crippen LogP contribution >= 0.6 is 11.6 Å². The molecule has 2 rings (SSSR count). The Morgan fingerprint density at radius 2 is 2.24 bits per heavy atom. The van der Waals surface area contributed by atoms with Crippen molar-refractivity contribution >= 4 is 23.2 Å². The average Bonchev–Trinajstić information content (AvgIpc) is 2.59. The maximum atomic E-state index is 11.2. The number of halogens is 1. The molecule has 138 valence electrons. The first kappa shape index (κ1) is 19.7. The third kappa shape index (κ3) is 6.30. The lowest BCUT2D eigenvalue weighted by Gasteiger charge is -2.19. The Labute approximate surface area is 153 Å². The molecule has 1 aromatic carbocycles. The van der Waals surface area contributed by atoms with Crippen LogP contribution in [-0.2, 0) is 4.79 Å². The number of carbonyl (C=O) groups is 1. The van der Waals surface area contributed by atoms with Crippen LogP contribution in [0, 0.1) is 0 Å². The van der Waals surface area contributed by atoms with E-state index in [-0.39, 0.29) is 12.0 Å².